The lowest BCUT2D eigenvalue weighted by Gasteiger charge is -2.21. The van der Waals surface area contributed by atoms with Crippen molar-refractivity contribution in [1.29, 1.82) is 0 Å². The molecule has 1 heteroatoms. The molecule has 0 spiro atoms. The average Bonchev–Trinajstić information content (AvgIpc) is 2.43. The van der Waals surface area contributed by atoms with Crippen LogP contribution in [0.2, 0.25) is 0 Å². The number of hydrogen-bond donors (Lipinski definition) is 0. The molecule has 0 heterocycles. The van der Waals surface area contributed by atoms with Gasteiger partial charge in [0.05, 0.1) is 0 Å². The van der Waals surface area contributed by atoms with Crippen molar-refractivity contribution in [3.8, 4) is 0 Å². The van der Waals surface area contributed by atoms with E-state index in [2.05, 4.69) is 19.9 Å². The number of benzene rings is 1. The van der Waals surface area contributed by atoms with Crippen LogP contribution in [0.25, 0.3) is 0 Å². The van der Waals surface area contributed by atoms with Gasteiger partial charge in [-0.25, -0.2) is 0 Å². The van der Waals surface area contributed by atoms with E-state index in [1.807, 2.05) is 12.1 Å². The van der Waals surface area contributed by atoms with Crippen LogP contribution >= 0.6 is 0 Å². The van der Waals surface area contributed by atoms with Crippen LogP contribution in [0, 0.1) is 0 Å². The largest absolute Gasteiger partial charge is 0.295 e. The Balaban J connectivity index is 2.66. The summed E-state index contributed by atoms with van der Waals surface area (Å²) in [4.78, 5) is 11.5. The minimum atomic E-state index is 0.178. The van der Waals surface area contributed by atoms with E-state index in [-0.39, 0.29) is 11.2 Å². The zero-order valence-electron chi connectivity index (χ0n) is 9.05. The predicted molar refractivity (Wildman–Crippen MR) is 57.8 cm³/mol. The fraction of sp³-hybridized carbons (Fsp3) is 0.462. The van der Waals surface area contributed by atoms with Crippen molar-refractivity contribution < 1.29 is 4.79 Å². The summed E-state index contributed by atoms with van der Waals surface area (Å²) in [6.45, 7) is 6.11. The summed E-state index contributed by atoms with van der Waals surface area (Å²) < 4.78 is 0. The SMILES string of the molecule is CC(=O)c1cccc2c1C(C)(C)CC2. The monoisotopic (exact) mass is 188 g/mol. The summed E-state index contributed by atoms with van der Waals surface area (Å²) in [6.07, 6.45) is 2.27. The van der Waals surface area contributed by atoms with Crippen LogP contribution in [-0.2, 0) is 11.8 Å². The lowest BCUT2D eigenvalue weighted by molar-refractivity contribution is 0.101. The summed E-state index contributed by atoms with van der Waals surface area (Å²) in [5.41, 5.74) is 3.75. The number of aryl methyl sites for hydroxylation is 1. The molecule has 0 radical (unpaired) electrons. The van der Waals surface area contributed by atoms with Gasteiger partial charge in [0.2, 0.25) is 0 Å². The molecule has 1 aromatic rings. The molecular formula is C13H16O. The quantitative estimate of drug-likeness (QED) is 0.619. The second kappa shape index (κ2) is 2.94. The molecule has 14 heavy (non-hydrogen) atoms. The summed E-state index contributed by atoms with van der Waals surface area (Å²) in [5.74, 6) is 0.192. The van der Waals surface area contributed by atoms with Gasteiger partial charge in [-0.2, -0.15) is 0 Å². The maximum absolute atomic E-state index is 11.5. The molecule has 0 unspecified atom stereocenters. The summed E-state index contributed by atoms with van der Waals surface area (Å²) >= 11 is 0. The van der Waals surface area contributed by atoms with Crippen molar-refractivity contribution in [3.05, 3.63) is 34.9 Å². The second-order valence-electron chi connectivity index (χ2n) is 4.78. The highest BCUT2D eigenvalue weighted by Crippen LogP contribution is 2.40. The van der Waals surface area contributed by atoms with Crippen LogP contribution in [0.1, 0.15) is 48.7 Å². The number of hydrogen-bond acceptors (Lipinski definition) is 1. The van der Waals surface area contributed by atoms with Crippen LogP contribution in [-0.4, -0.2) is 5.78 Å². The molecule has 0 fully saturated rings. The Morgan fingerprint density at radius 2 is 2.07 bits per heavy atom. The van der Waals surface area contributed by atoms with Gasteiger partial charge in [-0.15, -0.1) is 0 Å². The molecule has 0 saturated carbocycles. The molecular weight excluding hydrogens is 172 g/mol. The Bertz CT molecular complexity index is 388. The molecule has 1 aliphatic carbocycles. The van der Waals surface area contributed by atoms with E-state index >= 15 is 0 Å². The Kier molecular flexibility index (Phi) is 1.99. The van der Waals surface area contributed by atoms with Gasteiger partial charge in [0, 0.05) is 5.56 Å². The first-order valence-corrected chi connectivity index (χ1v) is 5.16. The highest BCUT2D eigenvalue weighted by atomic mass is 16.1. The maximum Gasteiger partial charge on any atom is 0.160 e. The number of carbonyl (C=O) groups is 1. The first kappa shape index (κ1) is 9.45. The summed E-state index contributed by atoms with van der Waals surface area (Å²) in [7, 11) is 0. The van der Waals surface area contributed by atoms with Crippen molar-refractivity contribution in [3.63, 3.8) is 0 Å². The minimum absolute atomic E-state index is 0.178. The minimum Gasteiger partial charge on any atom is -0.295 e. The molecule has 0 bridgehead atoms. The van der Waals surface area contributed by atoms with E-state index in [0.717, 1.165) is 18.4 Å². The Hall–Kier alpha value is -1.11. The van der Waals surface area contributed by atoms with Gasteiger partial charge in [-0.1, -0.05) is 32.0 Å². The molecule has 0 atom stereocenters. The number of rotatable bonds is 1. The van der Waals surface area contributed by atoms with Gasteiger partial charge in [-0.05, 0) is 36.3 Å². The molecule has 1 aliphatic rings. The maximum atomic E-state index is 11.5. The summed E-state index contributed by atoms with van der Waals surface area (Å²) in [5, 5.41) is 0. The summed E-state index contributed by atoms with van der Waals surface area (Å²) in [6, 6.07) is 6.10. The topological polar surface area (TPSA) is 17.1 Å². The van der Waals surface area contributed by atoms with E-state index in [4.69, 9.17) is 0 Å². The molecule has 1 aromatic carbocycles. The fourth-order valence-electron chi connectivity index (χ4n) is 2.47. The third kappa shape index (κ3) is 1.28. The molecule has 0 saturated heterocycles. The molecule has 1 nitrogen and oxygen atoms in total. The molecule has 0 amide bonds. The normalized spacial score (nSPS) is 17.9. The number of carbonyl (C=O) groups excluding carboxylic acids is 1. The highest BCUT2D eigenvalue weighted by molar-refractivity contribution is 5.96. The standard InChI is InChI=1S/C13H16O/c1-9(14)11-6-4-5-10-7-8-13(2,3)12(10)11/h4-6H,7-8H2,1-3H3. The first-order valence-electron chi connectivity index (χ1n) is 5.16. The van der Waals surface area contributed by atoms with Gasteiger partial charge in [0.15, 0.2) is 5.78 Å². The number of fused-ring (bicyclic) bond motifs is 1. The van der Waals surface area contributed by atoms with Crippen LogP contribution in [0.5, 0.6) is 0 Å². The van der Waals surface area contributed by atoms with Crippen molar-refractivity contribution in [2.75, 3.05) is 0 Å². The van der Waals surface area contributed by atoms with Crippen molar-refractivity contribution in [2.45, 2.75) is 39.0 Å². The number of Topliss-reactive ketones (excluding diaryl/α,β-unsaturated/α-hetero) is 1. The van der Waals surface area contributed by atoms with Crippen molar-refractivity contribution in [2.24, 2.45) is 0 Å². The fourth-order valence-corrected chi connectivity index (χ4v) is 2.47. The van der Waals surface area contributed by atoms with Crippen molar-refractivity contribution in [1.82, 2.24) is 0 Å². The van der Waals surface area contributed by atoms with E-state index in [9.17, 15) is 4.79 Å². The zero-order chi connectivity index (χ0) is 10.3. The number of ketones is 1. The first-order chi connectivity index (χ1) is 6.52. The Morgan fingerprint density at radius 3 is 2.71 bits per heavy atom. The predicted octanol–water partition coefficient (Wildman–Crippen LogP) is 3.11. The van der Waals surface area contributed by atoms with Crippen molar-refractivity contribution >= 4 is 5.78 Å². The molecule has 0 N–H and O–H groups in total. The molecule has 2 rings (SSSR count). The second-order valence-corrected chi connectivity index (χ2v) is 4.78. The zero-order valence-corrected chi connectivity index (χ0v) is 9.05. The Labute approximate surface area is 85.1 Å². The van der Waals surface area contributed by atoms with E-state index in [1.54, 1.807) is 6.92 Å². The highest BCUT2D eigenvalue weighted by Gasteiger charge is 2.32. The van der Waals surface area contributed by atoms with E-state index in [1.165, 1.54) is 11.1 Å². The van der Waals surface area contributed by atoms with Crippen LogP contribution in [0.4, 0.5) is 0 Å². The van der Waals surface area contributed by atoms with Crippen LogP contribution in [0.15, 0.2) is 18.2 Å². The van der Waals surface area contributed by atoms with Gasteiger partial charge < -0.3 is 0 Å². The van der Waals surface area contributed by atoms with Crippen LogP contribution < -0.4 is 0 Å². The third-order valence-electron chi connectivity index (χ3n) is 3.23. The average molecular weight is 188 g/mol. The third-order valence-corrected chi connectivity index (χ3v) is 3.23. The molecule has 0 aromatic heterocycles. The lowest BCUT2D eigenvalue weighted by Crippen LogP contribution is -2.16. The van der Waals surface area contributed by atoms with Gasteiger partial charge in [-0.3, -0.25) is 4.79 Å². The van der Waals surface area contributed by atoms with Gasteiger partial charge in [0.1, 0.15) is 0 Å². The lowest BCUT2D eigenvalue weighted by atomic mass is 9.83. The molecule has 74 valence electrons. The molecule has 0 aliphatic heterocycles. The van der Waals surface area contributed by atoms with E-state index < -0.39 is 0 Å². The smallest absolute Gasteiger partial charge is 0.160 e. The van der Waals surface area contributed by atoms with Crippen LogP contribution in [0.3, 0.4) is 0 Å². The van der Waals surface area contributed by atoms with Gasteiger partial charge in [0.25, 0.3) is 0 Å². The van der Waals surface area contributed by atoms with Gasteiger partial charge >= 0.3 is 0 Å². The Morgan fingerprint density at radius 1 is 1.36 bits per heavy atom. The van der Waals surface area contributed by atoms with E-state index in [0.29, 0.717) is 0 Å².